The fourth-order valence-electron chi connectivity index (χ4n) is 1.16. The number of aryl methyl sites for hydroxylation is 2. The smallest absolute Gasteiger partial charge is 0.225 e. The highest BCUT2D eigenvalue weighted by Gasteiger charge is 2.05. The average Bonchev–Trinajstić information content (AvgIpc) is 2.45. The number of aromatic nitrogens is 4. The first-order chi connectivity index (χ1) is 7.15. The second kappa shape index (κ2) is 3.98. The third kappa shape index (κ3) is 2.33. The van der Waals surface area contributed by atoms with E-state index >= 15 is 0 Å². The monoisotopic (exact) mass is 268 g/mol. The average molecular weight is 269 g/mol. The van der Waals surface area contributed by atoms with Crippen molar-refractivity contribution in [1.82, 2.24) is 19.7 Å². The summed E-state index contributed by atoms with van der Waals surface area (Å²) in [5.41, 5.74) is 0.903. The number of ether oxygens (including phenoxy) is 1. The molecule has 0 aromatic carbocycles. The van der Waals surface area contributed by atoms with Gasteiger partial charge in [0, 0.05) is 19.2 Å². The summed E-state index contributed by atoms with van der Waals surface area (Å²) in [7, 11) is 1.82. The predicted molar refractivity (Wildman–Crippen MR) is 57.8 cm³/mol. The van der Waals surface area contributed by atoms with Crippen molar-refractivity contribution in [1.29, 1.82) is 0 Å². The molecule has 2 heterocycles. The van der Waals surface area contributed by atoms with Gasteiger partial charge in [0.15, 0.2) is 0 Å². The standard InChI is InChI=1S/C9H9BrN4O/c1-6-3-9(14(2)13-6)15-8-4-7(10)11-5-12-8/h3-5H,1-2H3. The van der Waals surface area contributed by atoms with Gasteiger partial charge in [-0.1, -0.05) is 0 Å². The first kappa shape index (κ1) is 10.1. The van der Waals surface area contributed by atoms with Crippen molar-refractivity contribution in [2.75, 3.05) is 0 Å². The van der Waals surface area contributed by atoms with Crippen LogP contribution in [0.5, 0.6) is 11.8 Å². The van der Waals surface area contributed by atoms with Crippen LogP contribution in [0.4, 0.5) is 0 Å². The molecule has 0 saturated carbocycles. The summed E-state index contributed by atoms with van der Waals surface area (Å²) in [6.07, 6.45) is 1.43. The zero-order chi connectivity index (χ0) is 10.8. The van der Waals surface area contributed by atoms with Gasteiger partial charge in [-0.2, -0.15) is 5.10 Å². The summed E-state index contributed by atoms with van der Waals surface area (Å²) >= 11 is 3.25. The summed E-state index contributed by atoms with van der Waals surface area (Å²) in [4.78, 5) is 7.89. The molecule has 0 aliphatic heterocycles. The van der Waals surface area contributed by atoms with Gasteiger partial charge in [-0.15, -0.1) is 0 Å². The SMILES string of the molecule is Cc1cc(Oc2cc(Br)ncn2)n(C)n1. The second-order valence-corrected chi connectivity index (χ2v) is 3.84. The molecule has 0 N–H and O–H groups in total. The molecule has 0 aliphatic rings. The van der Waals surface area contributed by atoms with Crippen LogP contribution in [0.25, 0.3) is 0 Å². The molecule has 0 amide bonds. The fourth-order valence-corrected chi connectivity index (χ4v) is 1.45. The summed E-state index contributed by atoms with van der Waals surface area (Å²) in [5, 5.41) is 4.17. The van der Waals surface area contributed by atoms with E-state index in [1.165, 1.54) is 6.33 Å². The molecule has 2 aromatic heterocycles. The Kier molecular flexibility index (Phi) is 2.68. The highest BCUT2D eigenvalue weighted by molar-refractivity contribution is 9.10. The van der Waals surface area contributed by atoms with Crippen LogP contribution in [-0.4, -0.2) is 19.7 Å². The molecule has 6 heteroatoms. The first-order valence-electron chi connectivity index (χ1n) is 4.31. The van der Waals surface area contributed by atoms with Gasteiger partial charge in [-0.3, -0.25) is 0 Å². The highest BCUT2D eigenvalue weighted by atomic mass is 79.9. The maximum Gasteiger partial charge on any atom is 0.225 e. The van der Waals surface area contributed by atoms with E-state index in [-0.39, 0.29) is 0 Å². The molecule has 0 spiro atoms. The zero-order valence-electron chi connectivity index (χ0n) is 8.31. The van der Waals surface area contributed by atoms with Gasteiger partial charge in [0.1, 0.15) is 10.9 Å². The van der Waals surface area contributed by atoms with Gasteiger partial charge in [0.05, 0.1) is 5.69 Å². The number of rotatable bonds is 2. The lowest BCUT2D eigenvalue weighted by Crippen LogP contribution is -1.96. The van der Waals surface area contributed by atoms with E-state index in [9.17, 15) is 0 Å². The van der Waals surface area contributed by atoms with E-state index in [0.717, 1.165) is 5.69 Å². The number of halogens is 1. The minimum Gasteiger partial charge on any atom is -0.421 e. The van der Waals surface area contributed by atoms with E-state index in [1.807, 2.05) is 20.0 Å². The number of hydrogen-bond acceptors (Lipinski definition) is 4. The van der Waals surface area contributed by atoms with Crippen LogP contribution in [-0.2, 0) is 7.05 Å². The van der Waals surface area contributed by atoms with Gasteiger partial charge in [-0.05, 0) is 22.9 Å². The quantitative estimate of drug-likeness (QED) is 0.783. The third-order valence-electron chi connectivity index (χ3n) is 1.78. The Morgan fingerprint density at radius 2 is 2.13 bits per heavy atom. The van der Waals surface area contributed by atoms with Crippen LogP contribution in [0, 0.1) is 6.92 Å². The van der Waals surface area contributed by atoms with Crippen molar-refractivity contribution in [2.24, 2.45) is 7.05 Å². The summed E-state index contributed by atoms with van der Waals surface area (Å²) < 4.78 is 7.87. The van der Waals surface area contributed by atoms with E-state index in [2.05, 4.69) is 31.0 Å². The van der Waals surface area contributed by atoms with Gasteiger partial charge in [0.2, 0.25) is 11.8 Å². The van der Waals surface area contributed by atoms with Gasteiger partial charge in [0.25, 0.3) is 0 Å². The van der Waals surface area contributed by atoms with Crippen molar-refractivity contribution < 1.29 is 4.74 Å². The molecule has 15 heavy (non-hydrogen) atoms. The Bertz CT molecular complexity index is 483. The van der Waals surface area contributed by atoms with Crippen molar-refractivity contribution in [3.63, 3.8) is 0 Å². The lowest BCUT2D eigenvalue weighted by molar-refractivity contribution is 0.414. The van der Waals surface area contributed by atoms with Crippen LogP contribution < -0.4 is 4.74 Å². The highest BCUT2D eigenvalue weighted by Crippen LogP contribution is 2.20. The Labute approximate surface area is 95.2 Å². The fraction of sp³-hybridized carbons (Fsp3) is 0.222. The molecule has 0 fully saturated rings. The number of hydrogen-bond donors (Lipinski definition) is 0. The van der Waals surface area contributed by atoms with E-state index in [1.54, 1.807) is 10.7 Å². The third-order valence-corrected chi connectivity index (χ3v) is 2.21. The van der Waals surface area contributed by atoms with Gasteiger partial charge in [-0.25, -0.2) is 14.6 Å². The summed E-state index contributed by atoms with van der Waals surface area (Å²) in [6.45, 7) is 1.91. The van der Waals surface area contributed by atoms with E-state index in [0.29, 0.717) is 16.4 Å². The lowest BCUT2D eigenvalue weighted by Gasteiger charge is -2.03. The molecule has 0 unspecified atom stereocenters. The molecule has 0 saturated heterocycles. The lowest BCUT2D eigenvalue weighted by atomic mass is 10.5. The predicted octanol–water partition coefficient (Wildman–Crippen LogP) is 2.07. The molecule has 2 aromatic rings. The Hall–Kier alpha value is -1.43. The second-order valence-electron chi connectivity index (χ2n) is 3.03. The van der Waals surface area contributed by atoms with Crippen molar-refractivity contribution in [3.8, 4) is 11.8 Å². The topological polar surface area (TPSA) is 52.8 Å². The Morgan fingerprint density at radius 1 is 1.33 bits per heavy atom. The van der Waals surface area contributed by atoms with Crippen LogP contribution in [0.15, 0.2) is 23.1 Å². The largest absolute Gasteiger partial charge is 0.421 e. The molecule has 0 atom stereocenters. The van der Waals surface area contributed by atoms with E-state index < -0.39 is 0 Å². The maximum absolute atomic E-state index is 5.53. The maximum atomic E-state index is 5.53. The van der Waals surface area contributed by atoms with Crippen LogP contribution in [0.1, 0.15) is 5.69 Å². The molecule has 0 aliphatic carbocycles. The zero-order valence-corrected chi connectivity index (χ0v) is 9.89. The van der Waals surface area contributed by atoms with E-state index in [4.69, 9.17) is 4.74 Å². The number of nitrogens with zero attached hydrogens (tertiary/aromatic N) is 4. The van der Waals surface area contributed by atoms with Crippen LogP contribution in [0.2, 0.25) is 0 Å². The Balaban J connectivity index is 2.25. The van der Waals surface area contributed by atoms with Crippen molar-refractivity contribution in [3.05, 3.63) is 28.8 Å². The van der Waals surface area contributed by atoms with Crippen molar-refractivity contribution in [2.45, 2.75) is 6.92 Å². The molecule has 78 valence electrons. The van der Waals surface area contributed by atoms with Crippen molar-refractivity contribution >= 4 is 15.9 Å². The molecular formula is C9H9BrN4O. The molecule has 2 rings (SSSR count). The molecular weight excluding hydrogens is 260 g/mol. The Morgan fingerprint density at radius 3 is 2.73 bits per heavy atom. The van der Waals surface area contributed by atoms with Gasteiger partial charge >= 0.3 is 0 Å². The minimum absolute atomic E-state index is 0.486. The van der Waals surface area contributed by atoms with Crippen LogP contribution in [0.3, 0.4) is 0 Å². The molecule has 5 nitrogen and oxygen atoms in total. The molecule has 0 bridgehead atoms. The molecule has 0 radical (unpaired) electrons. The summed E-state index contributed by atoms with van der Waals surface area (Å²) in [6, 6.07) is 3.54. The first-order valence-corrected chi connectivity index (χ1v) is 5.10. The normalized spacial score (nSPS) is 10.3. The summed E-state index contributed by atoms with van der Waals surface area (Å²) in [5.74, 6) is 1.14. The minimum atomic E-state index is 0.486. The van der Waals surface area contributed by atoms with Crippen LogP contribution >= 0.6 is 15.9 Å². The van der Waals surface area contributed by atoms with Gasteiger partial charge < -0.3 is 4.74 Å².